The second kappa shape index (κ2) is 6.20. The van der Waals surface area contributed by atoms with Crippen molar-refractivity contribution < 1.29 is 4.74 Å². The zero-order valence-electron chi connectivity index (χ0n) is 11.6. The number of nitrogens with one attached hydrogen (secondary N) is 1. The minimum Gasteiger partial charge on any atom is -0.373 e. The highest BCUT2D eigenvalue weighted by Crippen LogP contribution is 2.34. The number of likely N-dealkylation sites (N-methyl/N-ethyl adjacent to an activating group) is 1. The van der Waals surface area contributed by atoms with Crippen LogP contribution < -0.4 is 5.32 Å². The summed E-state index contributed by atoms with van der Waals surface area (Å²) in [5, 5.41) is 4.56. The number of hydrogen-bond acceptors (Lipinski definition) is 3. The highest BCUT2D eigenvalue weighted by molar-refractivity contribution is 6.42. The number of rotatable bonds is 3. The Morgan fingerprint density at radius 2 is 2.25 bits per heavy atom. The monoisotopic (exact) mass is 314 g/mol. The van der Waals surface area contributed by atoms with Crippen LogP contribution >= 0.6 is 23.2 Å². The van der Waals surface area contributed by atoms with Gasteiger partial charge in [-0.1, -0.05) is 35.3 Å². The molecule has 1 aromatic carbocycles. The first kappa shape index (κ1) is 14.6. The molecule has 1 aromatic rings. The van der Waals surface area contributed by atoms with Gasteiger partial charge in [0.25, 0.3) is 0 Å². The van der Waals surface area contributed by atoms with E-state index in [0.29, 0.717) is 16.1 Å². The minimum atomic E-state index is 0.0720. The van der Waals surface area contributed by atoms with Crippen LogP contribution in [0.5, 0.6) is 0 Å². The topological polar surface area (TPSA) is 24.5 Å². The van der Waals surface area contributed by atoms with E-state index in [1.54, 1.807) is 0 Å². The molecule has 110 valence electrons. The Bertz CT molecular complexity index is 483. The van der Waals surface area contributed by atoms with Gasteiger partial charge < -0.3 is 10.1 Å². The van der Waals surface area contributed by atoms with Gasteiger partial charge in [-0.25, -0.2) is 0 Å². The van der Waals surface area contributed by atoms with Crippen molar-refractivity contribution in [2.75, 3.05) is 26.7 Å². The molecule has 2 heterocycles. The van der Waals surface area contributed by atoms with E-state index >= 15 is 0 Å². The molecule has 2 aliphatic heterocycles. The fraction of sp³-hybridized carbons (Fsp3) is 0.600. The number of fused-ring (bicyclic) bond motifs is 1. The van der Waals surface area contributed by atoms with Gasteiger partial charge in [0.2, 0.25) is 0 Å². The summed E-state index contributed by atoms with van der Waals surface area (Å²) in [5.74, 6) is 0. The van der Waals surface area contributed by atoms with Gasteiger partial charge in [-0.3, -0.25) is 4.90 Å². The summed E-state index contributed by atoms with van der Waals surface area (Å²) in [6.45, 7) is 2.96. The van der Waals surface area contributed by atoms with Gasteiger partial charge in [-0.2, -0.15) is 0 Å². The molecule has 3 atom stereocenters. The summed E-state index contributed by atoms with van der Waals surface area (Å²) >= 11 is 12.5. The molecular formula is C15H20Cl2N2O. The molecular weight excluding hydrogens is 295 g/mol. The lowest BCUT2D eigenvalue weighted by Crippen LogP contribution is -2.50. The molecule has 5 heteroatoms. The van der Waals surface area contributed by atoms with Gasteiger partial charge >= 0.3 is 0 Å². The van der Waals surface area contributed by atoms with E-state index in [2.05, 4.69) is 10.2 Å². The number of ether oxygens (including phenoxy) is 1. The van der Waals surface area contributed by atoms with Crippen molar-refractivity contribution in [1.29, 1.82) is 0 Å². The lowest BCUT2D eigenvalue weighted by Gasteiger charge is -2.39. The zero-order valence-corrected chi connectivity index (χ0v) is 13.1. The molecule has 1 N–H and O–H groups in total. The van der Waals surface area contributed by atoms with Crippen LogP contribution in [-0.4, -0.2) is 43.8 Å². The van der Waals surface area contributed by atoms with Crippen LogP contribution in [-0.2, 0) is 4.74 Å². The molecule has 20 heavy (non-hydrogen) atoms. The zero-order chi connectivity index (χ0) is 14.1. The van der Waals surface area contributed by atoms with E-state index in [4.69, 9.17) is 27.9 Å². The molecule has 2 saturated heterocycles. The highest BCUT2D eigenvalue weighted by atomic mass is 35.5. The number of halogens is 2. The van der Waals surface area contributed by atoms with Crippen LogP contribution in [0.4, 0.5) is 0 Å². The van der Waals surface area contributed by atoms with Crippen LogP contribution in [0.2, 0.25) is 10.0 Å². The van der Waals surface area contributed by atoms with E-state index in [1.807, 2.05) is 25.2 Å². The van der Waals surface area contributed by atoms with E-state index in [0.717, 1.165) is 18.7 Å². The first-order valence-electron chi connectivity index (χ1n) is 7.17. The standard InChI is InChI=1S/C15H20Cl2N2O/c1-18-15(11-5-2-6-12(16)14(11)17)13-8-19-7-3-4-10(19)9-20-13/h2,5-6,10,13,15,18H,3-4,7-9H2,1H3. The number of nitrogens with zero attached hydrogens (tertiary/aromatic N) is 1. The Morgan fingerprint density at radius 3 is 3.05 bits per heavy atom. The third kappa shape index (κ3) is 2.70. The Kier molecular flexibility index (Phi) is 4.53. The maximum Gasteiger partial charge on any atom is 0.0897 e. The van der Waals surface area contributed by atoms with Crippen LogP contribution in [0, 0.1) is 0 Å². The molecule has 0 saturated carbocycles. The Morgan fingerprint density at radius 1 is 1.40 bits per heavy atom. The van der Waals surface area contributed by atoms with Gasteiger partial charge in [0, 0.05) is 12.6 Å². The third-order valence-electron chi connectivity index (χ3n) is 4.42. The first-order chi connectivity index (χ1) is 9.70. The summed E-state index contributed by atoms with van der Waals surface area (Å²) in [5.41, 5.74) is 1.02. The van der Waals surface area contributed by atoms with Crippen molar-refractivity contribution in [2.45, 2.75) is 31.0 Å². The first-order valence-corrected chi connectivity index (χ1v) is 7.93. The molecule has 0 aromatic heterocycles. The predicted molar refractivity (Wildman–Crippen MR) is 82.6 cm³/mol. The smallest absolute Gasteiger partial charge is 0.0897 e. The maximum atomic E-state index is 6.36. The lowest BCUT2D eigenvalue weighted by atomic mass is 9.99. The summed E-state index contributed by atoms with van der Waals surface area (Å²) in [7, 11) is 1.95. The molecule has 0 spiro atoms. The van der Waals surface area contributed by atoms with Crippen molar-refractivity contribution in [1.82, 2.24) is 10.2 Å². The maximum absolute atomic E-state index is 6.36. The summed E-state index contributed by atoms with van der Waals surface area (Å²) in [6, 6.07) is 6.46. The van der Waals surface area contributed by atoms with Crippen molar-refractivity contribution in [3.63, 3.8) is 0 Å². The quantitative estimate of drug-likeness (QED) is 0.927. The van der Waals surface area contributed by atoms with Gasteiger partial charge in [-0.15, -0.1) is 0 Å². The van der Waals surface area contributed by atoms with Crippen LogP contribution in [0.3, 0.4) is 0 Å². The average molecular weight is 315 g/mol. The van der Waals surface area contributed by atoms with Gasteiger partial charge in [-0.05, 0) is 38.1 Å². The van der Waals surface area contributed by atoms with Crippen molar-refractivity contribution in [3.05, 3.63) is 33.8 Å². The second-order valence-electron chi connectivity index (χ2n) is 5.57. The molecule has 3 unspecified atom stereocenters. The SMILES string of the molecule is CNC(c1cccc(Cl)c1Cl)C1CN2CCCC2CO1. The fourth-order valence-electron chi connectivity index (χ4n) is 3.35. The van der Waals surface area contributed by atoms with E-state index < -0.39 is 0 Å². The summed E-state index contributed by atoms with van der Waals surface area (Å²) in [4.78, 5) is 2.54. The Labute approximate surface area is 130 Å². The fourth-order valence-corrected chi connectivity index (χ4v) is 3.77. The largest absolute Gasteiger partial charge is 0.373 e. The predicted octanol–water partition coefficient (Wildman–Crippen LogP) is 3.12. The van der Waals surface area contributed by atoms with Gasteiger partial charge in [0.1, 0.15) is 0 Å². The van der Waals surface area contributed by atoms with Crippen LogP contribution in [0.15, 0.2) is 18.2 Å². The minimum absolute atomic E-state index is 0.0720. The Hall–Kier alpha value is -0.320. The normalized spacial score (nSPS) is 28.4. The third-order valence-corrected chi connectivity index (χ3v) is 5.25. The summed E-state index contributed by atoms with van der Waals surface area (Å²) in [6.07, 6.45) is 2.66. The van der Waals surface area contributed by atoms with Crippen molar-refractivity contribution in [2.24, 2.45) is 0 Å². The molecule has 2 aliphatic rings. The van der Waals surface area contributed by atoms with Gasteiger partial charge in [0.05, 0.1) is 28.8 Å². The number of benzene rings is 1. The van der Waals surface area contributed by atoms with Crippen LogP contribution in [0.1, 0.15) is 24.4 Å². The summed E-state index contributed by atoms with van der Waals surface area (Å²) < 4.78 is 6.09. The average Bonchev–Trinajstić information content (AvgIpc) is 2.92. The number of morpholine rings is 1. The van der Waals surface area contributed by atoms with Crippen LogP contribution in [0.25, 0.3) is 0 Å². The highest BCUT2D eigenvalue weighted by Gasteiger charge is 2.36. The molecule has 0 amide bonds. The molecule has 2 fully saturated rings. The molecule has 0 bridgehead atoms. The lowest BCUT2D eigenvalue weighted by molar-refractivity contribution is -0.0642. The van der Waals surface area contributed by atoms with Gasteiger partial charge in [0.15, 0.2) is 0 Å². The molecule has 0 radical (unpaired) electrons. The van der Waals surface area contributed by atoms with E-state index in [9.17, 15) is 0 Å². The number of hydrogen-bond donors (Lipinski definition) is 1. The van der Waals surface area contributed by atoms with Crippen molar-refractivity contribution in [3.8, 4) is 0 Å². The Balaban J connectivity index is 1.81. The van der Waals surface area contributed by atoms with Crippen molar-refractivity contribution >= 4 is 23.2 Å². The molecule has 3 nitrogen and oxygen atoms in total. The second-order valence-corrected chi connectivity index (χ2v) is 6.36. The van der Waals surface area contributed by atoms with E-state index in [1.165, 1.54) is 19.4 Å². The van der Waals surface area contributed by atoms with E-state index in [-0.39, 0.29) is 12.1 Å². The molecule has 3 rings (SSSR count). The molecule has 0 aliphatic carbocycles.